The van der Waals surface area contributed by atoms with Gasteiger partial charge in [0.15, 0.2) is 0 Å². The van der Waals surface area contributed by atoms with E-state index in [0.29, 0.717) is 0 Å². The molecule has 1 aromatic carbocycles. The second-order valence-corrected chi connectivity index (χ2v) is 4.70. The van der Waals surface area contributed by atoms with Crippen LogP contribution < -0.4 is 5.73 Å². The lowest BCUT2D eigenvalue weighted by molar-refractivity contribution is 0.295. The van der Waals surface area contributed by atoms with Gasteiger partial charge in [-0.25, -0.2) is 0 Å². The molecule has 2 rings (SSSR count). The molecule has 96 valence electrons. The van der Waals surface area contributed by atoms with Crippen molar-refractivity contribution < 1.29 is 4.42 Å². The maximum Gasteiger partial charge on any atom is 0.118 e. The van der Waals surface area contributed by atoms with Crippen LogP contribution in [0.3, 0.4) is 0 Å². The first-order chi connectivity index (χ1) is 8.65. The van der Waals surface area contributed by atoms with Gasteiger partial charge in [0.25, 0.3) is 0 Å². The topological polar surface area (TPSA) is 42.4 Å². The molecule has 0 fully saturated rings. The van der Waals surface area contributed by atoms with Crippen LogP contribution in [0.1, 0.15) is 17.1 Å². The van der Waals surface area contributed by atoms with E-state index in [-0.39, 0.29) is 0 Å². The Kier molecular flexibility index (Phi) is 4.05. The fourth-order valence-corrected chi connectivity index (χ4v) is 1.99. The van der Waals surface area contributed by atoms with Crippen LogP contribution >= 0.6 is 0 Å². The van der Waals surface area contributed by atoms with Crippen molar-refractivity contribution in [2.24, 2.45) is 0 Å². The van der Waals surface area contributed by atoms with Crippen LogP contribution in [0.4, 0.5) is 5.69 Å². The Morgan fingerprint density at radius 2 is 1.94 bits per heavy atom. The van der Waals surface area contributed by atoms with Gasteiger partial charge in [-0.05, 0) is 44.2 Å². The van der Waals surface area contributed by atoms with Crippen molar-refractivity contribution in [1.82, 2.24) is 4.90 Å². The fourth-order valence-electron chi connectivity index (χ4n) is 1.99. The van der Waals surface area contributed by atoms with Crippen molar-refractivity contribution in [3.05, 3.63) is 53.5 Å². The average molecular weight is 244 g/mol. The highest BCUT2D eigenvalue weighted by Gasteiger charge is 2.05. The zero-order chi connectivity index (χ0) is 13.0. The number of furan rings is 1. The van der Waals surface area contributed by atoms with Crippen molar-refractivity contribution in [3.63, 3.8) is 0 Å². The molecule has 1 heterocycles. The number of nitrogen functional groups attached to an aromatic ring is 1. The Balaban J connectivity index is 1.85. The van der Waals surface area contributed by atoms with Crippen LogP contribution in [-0.4, -0.2) is 18.5 Å². The summed E-state index contributed by atoms with van der Waals surface area (Å²) >= 11 is 0. The minimum absolute atomic E-state index is 0.834. The summed E-state index contributed by atoms with van der Waals surface area (Å²) in [6.45, 7) is 3.77. The minimum Gasteiger partial charge on any atom is -0.465 e. The molecule has 0 unspecified atom stereocenters. The molecular formula is C15H20N2O. The Morgan fingerprint density at radius 1 is 1.17 bits per heavy atom. The summed E-state index contributed by atoms with van der Waals surface area (Å²) in [6, 6.07) is 12.1. The van der Waals surface area contributed by atoms with Gasteiger partial charge >= 0.3 is 0 Å². The summed E-state index contributed by atoms with van der Waals surface area (Å²) in [5, 5.41) is 0. The number of hydrogen-bond donors (Lipinski definition) is 1. The van der Waals surface area contributed by atoms with Gasteiger partial charge in [-0.15, -0.1) is 0 Å². The Labute approximate surface area is 108 Å². The summed E-state index contributed by atoms with van der Waals surface area (Å²) in [4.78, 5) is 2.24. The van der Waals surface area contributed by atoms with E-state index in [1.54, 1.807) is 0 Å². The van der Waals surface area contributed by atoms with Crippen molar-refractivity contribution in [3.8, 4) is 0 Å². The second kappa shape index (κ2) is 5.74. The van der Waals surface area contributed by atoms with Crippen molar-refractivity contribution in [2.45, 2.75) is 19.9 Å². The van der Waals surface area contributed by atoms with E-state index in [4.69, 9.17) is 10.2 Å². The van der Waals surface area contributed by atoms with Crippen molar-refractivity contribution >= 4 is 5.69 Å². The zero-order valence-corrected chi connectivity index (χ0v) is 11.0. The molecule has 0 radical (unpaired) electrons. The standard InChI is InChI=1S/C15H20N2O/c1-12-7-8-14(18-12)11-17(2)10-9-13-5-3-4-6-15(13)16/h3-8H,9-11,16H2,1-2H3. The lowest BCUT2D eigenvalue weighted by Crippen LogP contribution is -2.20. The summed E-state index contributed by atoms with van der Waals surface area (Å²) in [6.07, 6.45) is 0.961. The molecular weight excluding hydrogens is 224 g/mol. The summed E-state index contributed by atoms with van der Waals surface area (Å²) < 4.78 is 5.56. The van der Waals surface area contributed by atoms with Crippen LogP contribution in [0.25, 0.3) is 0 Å². The monoisotopic (exact) mass is 244 g/mol. The van der Waals surface area contributed by atoms with Crippen molar-refractivity contribution in [2.75, 3.05) is 19.3 Å². The highest BCUT2D eigenvalue weighted by molar-refractivity contribution is 5.46. The van der Waals surface area contributed by atoms with Gasteiger partial charge in [0, 0.05) is 12.2 Å². The van der Waals surface area contributed by atoms with Gasteiger partial charge in [-0.3, -0.25) is 4.90 Å². The number of benzene rings is 1. The maximum absolute atomic E-state index is 5.93. The quantitative estimate of drug-likeness (QED) is 0.822. The zero-order valence-electron chi connectivity index (χ0n) is 11.0. The molecule has 2 aromatic rings. The first kappa shape index (κ1) is 12.7. The number of likely N-dealkylation sites (N-methyl/N-ethyl adjacent to an activating group) is 1. The third kappa shape index (κ3) is 3.37. The minimum atomic E-state index is 0.834. The molecule has 3 nitrogen and oxygen atoms in total. The highest BCUT2D eigenvalue weighted by Crippen LogP contribution is 2.13. The number of nitrogens with two attached hydrogens (primary N) is 1. The SMILES string of the molecule is Cc1ccc(CN(C)CCc2ccccc2N)o1. The molecule has 0 spiro atoms. The predicted molar refractivity (Wildman–Crippen MR) is 74.3 cm³/mol. The Bertz CT molecular complexity index is 505. The molecule has 0 aliphatic carbocycles. The largest absolute Gasteiger partial charge is 0.465 e. The molecule has 0 aliphatic rings. The Hall–Kier alpha value is -1.74. The molecule has 3 heteroatoms. The lowest BCUT2D eigenvalue weighted by atomic mass is 10.1. The molecule has 18 heavy (non-hydrogen) atoms. The Morgan fingerprint density at radius 3 is 2.61 bits per heavy atom. The number of anilines is 1. The van der Waals surface area contributed by atoms with Crippen LogP contribution in [0.5, 0.6) is 0 Å². The number of para-hydroxylation sites is 1. The molecule has 0 bridgehead atoms. The number of rotatable bonds is 5. The molecule has 0 amide bonds. The van der Waals surface area contributed by atoms with Gasteiger partial charge in [-0.1, -0.05) is 18.2 Å². The third-order valence-electron chi connectivity index (χ3n) is 3.04. The lowest BCUT2D eigenvalue weighted by Gasteiger charge is -2.15. The molecule has 0 saturated heterocycles. The van der Waals surface area contributed by atoms with E-state index in [2.05, 4.69) is 18.0 Å². The van der Waals surface area contributed by atoms with E-state index in [0.717, 1.165) is 36.7 Å². The molecule has 0 atom stereocenters. The van der Waals surface area contributed by atoms with Crippen LogP contribution in [0, 0.1) is 6.92 Å². The first-order valence-corrected chi connectivity index (χ1v) is 6.22. The summed E-state index contributed by atoms with van der Waals surface area (Å²) in [5.74, 6) is 1.97. The maximum atomic E-state index is 5.93. The summed E-state index contributed by atoms with van der Waals surface area (Å²) in [7, 11) is 2.09. The highest BCUT2D eigenvalue weighted by atomic mass is 16.3. The third-order valence-corrected chi connectivity index (χ3v) is 3.04. The van der Waals surface area contributed by atoms with Gasteiger partial charge < -0.3 is 10.2 Å². The first-order valence-electron chi connectivity index (χ1n) is 6.22. The van der Waals surface area contributed by atoms with Crippen LogP contribution in [0.2, 0.25) is 0 Å². The van der Waals surface area contributed by atoms with Crippen molar-refractivity contribution in [1.29, 1.82) is 0 Å². The predicted octanol–water partition coefficient (Wildman–Crippen LogP) is 2.84. The molecule has 0 saturated carbocycles. The number of hydrogen-bond acceptors (Lipinski definition) is 3. The van der Waals surface area contributed by atoms with E-state index in [1.165, 1.54) is 5.56 Å². The molecule has 0 aliphatic heterocycles. The van der Waals surface area contributed by atoms with E-state index < -0.39 is 0 Å². The van der Waals surface area contributed by atoms with E-state index in [1.807, 2.05) is 37.3 Å². The summed E-state index contributed by atoms with van der Waals surface area (Å²) in [5.41, 5.74) is 8.01. The van der Waals surface area contributed by atoms with Crippen LogP contribution in [-0.2, 0) is 13.0 Å². The van der Waals surface area contributed by atoms with Gasteiger partial charge in [0.2, 0.25) is 0 Å². The van der Waals surface area contributed by atoms with E-state index in [9.17, 15) is 0 Å². The van der Waals surface area contributed by atoms with Gasteiger partial charge in [0.05, 0.1) is 6.54 Å². The molecule has 2 N–H and O–H groups in total. The van der Waals surface area contributed by atoms with Crippen LogP contribution in [0.15, 0.2) is 40.8 Å². The van der Waals surface area contributed by atoms with Gasteiger partial charge in [0.1, 0.15) is 11.5 Å². The number of aryl methyl sites for hydroxylation is 1. The fraction of sp³-hybridized carbons (Fsp3) is 0.333. The molecule has 1 aromatic heterocycles. The normalized spacial score (nSPS) is 11.1. The smallest absolute Gasteiger partial charge is 0.118 e. The second-order valence-electron chi connectivity index (χ2n) is 4.70. The van der Waals surface area contributed by atoms with Gasteiger partial charge in [-0.2, -0.15) is 0 Å². The number of nitrogens with zero attached hydrogens (tertiary/aromatic N) is 1. The van der Waals surface area contributed by atoms with E-state index >= 15 is 0 Å². The average Bonchev–Trinajstić information content (AvgIpc) is 2.74.